The van der Waals surface area contributed by atoms with Crippen LogP contribution in [0.1, 0.15) is 38.2 Å². The number of carbonyl (C=O) groups is 7. The number of carboxylic acid groups (broad SMARTS) is 2. The van der Waals surface area contributed by atoms with Crippen LogP contribution >= 0.6 is 12.6 Å². The molecule has 0 radical (unpaired) electrons. The fourth-order valence-corrected chi connectivity index (χ4v) is 4.02. The Morgan fingerprint density at radius 2 is 1.50 bits per heavy atom. The van der Waals surface area contributed by atoms with Gasteiger partial charge < -0.3 is 47.6 Å². The van der Waals surface area contributed by atoms with Gasteiger partial charge in [0.25, 0.3) is 0 Å². The first-order valence-corrected chi connectivity index (χ1v) is 13.3. The number of thiol groups is 1. The molecule has 16 nitrogen and oxygen atoms in total. The number of primary amides is 1. The zero-order valence-corrected chi connectivity index (χ0v) is 23.7. The fourth-order valence-electron chi connectivity index (χ4n) is 3.66. The van der Waals surface area contributed by atoms with Crippen molar-refractivity contribution in [3.05, 3.63) is 29.8 Å². The van der Waals surface area contributed by atoms with Gasteiger partial charge in [0.2, 0.25) is 29.5 Å². The van der Waals surface area contributed by atoms with E-state index in [-0.39, 0.29) is 30.8 Å². The second-order valence-electron chi connectivity index (χ2n) is 9.27. The highest BCUT2D eigenvalue weighted by Crippen LogP contribution is 2.13. The van der Waals surface area contributed by atoms with Crippen molar-refractivity contribution in [1.82, 2.24) is 20.9 Å². The van der Waals surface area contributed by atoms with Crippen molar-refractivity contribution in [2.75, 3.05) is 12.4 Å². The highest BCUT2D eigenvalue weighted by molar-refractivity contribution is 7.80. The van der Waals surface area contributed by atoms with Crippen molar-refractivity contribution in [3.63, 3.8) is 0 Å². The van der Waals surface area contributed by atoms with Crippen LogP contribution in [0.3, 0.4) is 0 Å². The van der Waals surface area contributed by atoms with Gasteiger partial charge in [-0.15, -0.1) is 0 Å². The monoisotopic (exact) mass is 612 g/mol. The van der Waals surface area contributed by atoms with Gasteiger partial charge in [-0.05, 0) is 37.0 Å². The SMILES string of the molecule is CC(=O)NCN(C(=O)[C@H](CCC(N)=O)NC(=O)[C@@H](N)Cc1ccc(O)cc1)[C@@H](CS)C(=O)N[C@@H](CCC(=O)O)C(=O)O. The van der Waals surface area contributed by atoms with Crippen LogP contribution in [0.4, 0.5) is 0 Å². The minimum atomic E-state index is -1.61. The van der Waals surface area contributed by atoms with Crippen LogP contribution in [0.2, 0.25) is 0 Å². The van der Waals surface area contributed by atoms with E-state index in [2.05, 4.69) is 28.6 Å². The molecule has 0 aromatic heterocycles. The highest BCUT2D eigenvalue weighted by Gasteiger charge is 2.36. The molecule has 42 heavy (non-hydrogen) atoms. The first-order valence-electron chi connectivity index (χ1n) is 12.7. The van der Waals surface area contributed by atoms with Gasteiger partial charge in [-0.25, -0.2) is 4.79 Å². The Balaban J connectivity index is 3.26. The number of amides is 5. The van der Waals surface area contributed by atoms with Crippen molar-refractivity contribution >= 4 is 54.1 Å². The van der Waals surface area contributed by atoms with Crippen molar-refractivity contribution in [2.45, 2.75) is 63.2 Å². The van der Waals surface area contributed by atoms with Crippen LogP contribution < -0.4 is 27.4 Å². The molecule has 0 aliphatic carbocycles. The van der Waals surface area contributed by atoms with Gasteiger partial charge in [-0.2, -0.15) is 12.6 Å². The van der Waals surface area contributed by atoms with E-state index in [9.17, 15) is 43.8 Å². The average Bonchev–Trinajstić information content (AvgIpc) is 2.91. The largest absolute Gasteiger partial charge is 0.508 e. The van der Waals surface area contributed by atoms with Crippen LogP contribution in [0, 0.1) is 0 Å². The summed E-state index contributed by atoms with van der Waals surface area (Å²) in [4.78, 5) is 86.2. The molecule has 17 heteroatoms. The lowest BCUT2D eigenvalue weighted by atomic mass is 10.0. The third kappa shape index (κ3) is 12.4. The molecule has 0 spiro atoms. The molecule has 1 aromatic rings. The van der Waals surface area contributed by atoms with Crippen LogP contribution in [-0.4, -0.2) is 98.3 Å². The minimum Gasteiger partial charge on any atom is -0.508 e. The van der Waals surface area contributed by atoms with E-state index in [4.69, 9.17) is 16.6 Å². The Morgan fingerprint density at radius 3 is 2.00 bits per heavy atom. The molecule has 0 saturated carbocycles. The molecule has 0 fully saturated rings. The lowest BCUT2D eigenvalue weighted by molar-refractivity contribution is -0.146. The maximum absolute atomic E-state index is 13.7. The Kier molecular flexibility index (Phi) is 14.8. The van der Waals surface area contributed by atoms with E-state index in [0.717, 1.165) is 11.8 Å². The van der Waals surface area contributed by atoms with E-state index in [1.165, 1.54) is 12.1 Å². The summed E-state index contributed by atoms with van der Waals surface area (Å²) < 4.78 is 0. The van der Waals surface area contributed by atoms with Crippen molar-refractivity contribution in [1.29, 1.82) is 0 Å². The molecule has 0 bridgehead atoms. The summed E-state index contributed by atoms with van der Waals surface area (Å²) in [6, 6.07) is 0.152. The normalized spacial score (nSPS) is 13.5. The zero-order chi connectivity index (χ0) is 32.0. The summed E-state index contributed by atoms with van der Waals surface area (Å²) in [5.74, 6) is -7.33. The fraction of sp³-hybridized carbons (Fsp3) is 0.480. The number of aliphatic carboxylic acids is 2. The number of hydrogen-bond donors (Lipinski definition) is 9. The second-order valence-corrected chi connectivity index (χ2v) is 9.64. The highest BCUT2D eigenvalue weighted by atomic mass is 32.1. The van der Waals surface area contributed by atoms with Crippen LogP contribution in [0.5, 0.6) is 5.75 Å². The molecule has 232 valence electrons. The summed E-state index contributed by atoms with van der Waals surface area (Å²) in [7, 11) is 0. The maximum atomic E-state index is 13.7. The van der Waals surface area contributed by atoms with Crippen molar-refractivity contribution in [3.8, 4) is 5.75 Å². The molecule has 0 aliphatic rings. The average molecular weight is 613 g/mol. The predicted molar refractivity (Wildman–Crippen MR) is 150 cm³/mol. The first kappa shape index (κ1) is 35.6. The molecule has 0 unspecified atom stereocenters. The van der Waals surface area contributed by atoms with Gasteiger partial charge in [0.1, 0.15) is 23.9 Å². The molecule has 0 aliphatic heterocycles. The van der Waals surface area contributed by atoms with E-state index in [0.29, 0.717) is 5.56 Å². The zero-order valence-electron chi connectivity index (χ0n) is 22.8. The van der Waals surface area contributed by atoms with Crippen molar-refractivity contribution in [2.24, 2.45) is 11.5 Å². The molecular weight excluding hydrogens is 576 g/mol. The van der Waals surface area contributed by atoms with E-state index >= 15 is 0 Å². The number of phenolic OH excluding ortho intramolecular Hbond substituents is 1. The van der Waals surface area contributed by atoms with E-state index in [1.54, 1.807) is 12.1 Å². The number of benzene rings is 1. The summed E-state index contributed by atoms with van der Waals surface area (Å²) in [6.45, 7) is 0.571. The standard InChI is InChI=1S/C25H36N6O10S/c1-13(32)28-12-31(19(11-42)23(38)30-18(25(40)41)7-9-21(35)36)24(39)17(6-8-20(27)34)29-22(37)16(26)10-14-2-4-15(33)5-3-14/h2-5,16-19,33,42H,6-12,26H2,1H3,(H2,27,34)(H,28,32)(H,29,37)(H,30,38)(H,35,36)(H,40,41)/t16-,17-,18-,19-/m0/s1. The Labute approximate surface area is 246 Å². The minimum absolute atomic E-state index is 0.00693. The lowest BCUT2D eigenvalue weighted by Gasteiger charge is -2.34. The Morgan fingerprint density at radius 1 is 0.929 bits per heavy atom. The molecular formula is C25H36N6O10S. The number of nitrogens with zero attached hydrogens (tertiary/aromatic N) is 1. The van der Waals surface area contributed by atoms with Gasteiger partial charge >= 0.3 is 11.9 Å². The number of phenols is 1. The van der Waals surface area contributed by atoms with Crippen LogP contribution in [0.15, 0.2) is 24.3 Å². The van der Waals surface area contributed by atoms with Crippen LogP contribution in [0.25, 0.3) is 0 Å². The third-order valence-electron chi connectivity index (χ3n) is 5.92. The topological polar surface area (TPSA) is 272 Å². The molecule has 5 amide bonds. The van der Waals surface area contributed by atoms with Gasteiger partial charge in [0, 0.05) is 25.5 Å². The summed E-state index contributed by atoms with van der Waals surface area (Å²) in [6.07, 6.45) is -1.66. The molecule has 0 heterocycles. The Hall–Kier alpha value is -4.38. The molecule has 1 aromatic carbocycles. The van der Waals surface area contributed by atoms with Crippen molar-refractivity contribution < 1.29 is 48.9 Å². The van der Waals surface area contributed by atoms with Gasteiger partial charge in [0.05, 0.1) is 12.7 Å². The smallest absolute Gasteiger partial charge is 0.326 e. The number of carboxylic acids is 2. The van der Waals surface area contributed by atoms with Gasteiger partial charge in [-0.1, -0.05) is 12.1 Å². The number of carbonyl (C=O) groups excluding carboxylic acids is 5. The quantitative estimate of drug-likeness (QED) is 0.0626. The van der Waals surface area contributed by atoms with E-state index < -0.39 is 85.2 Å². The molecule has 1 rings (SSSR count). The number of nitrogens with two attached hydrogens (primary N) is 2. The molecule has 10 N–H and O–H groups in total. The summed E-state index contributed by atoms with van der Waals surface area (Å²) in [5, 5.41) is 34.7. The van der Waals surface area contributed by atoms with Crippen LogP contribution in [-0.2, 0) is 40.0 Å². The van der Waals surface area contributed by atoms with Gasteiger partial charge in [-0.3, -0.25) is 28.8 Å². The number of aromatic hydroxyl groups is 1. The lowest BCUT2D eigenvalue weighted by Crippen LogP contribution is -2.61. The second kappa shape index (κ2) is 17.4. The maximum Gasteiger partial charge on any atom is 0.326 e. The number of nitrogens with one attached hydrogen (secondary N) is 3. The predicted octanol–water partition coefficient (Wildman–Crippen LogP) is -2.33. The number of hydrogen-bond acceptors (Lipinski definition) is 10. The third-order valence-corrected chi connectivity index (χ3v) is 6.26. The molecule has 4 atom stereocenters. The first-order chi connectivity index (χ1) is 19.7. The van der Waals surface area contributed by atoms with E-state index in [1.807, 2.05) is 0 Å². The Bertz CT molecular complexity index is 1150. The van der Waals surface area contributed by atoms with Gasteiger partial charge in [0.15, 0.2) is 0 Å². The molecule has 0 saturated heterocycles. The summed E-state index contributed by atoms with van der Waals surface area (Å²) >= 11 is 4.10. The summed E-state index contributed by atoms with van der Waals surface area (Å²) in [5.41, 5.74) is 11.8. The number of rotatable bonds is 18.